The van der Waals surface area contributed by atoms with E-state index in [2.05, 4.69) is 20.8 Å². The minimum absolute atomic E-state index is 0.187. The zero-order valence-corrected chi connectivity index (χ0v) is 13.2. The molecular formula is C17H26O3. The number of rotatable bonds is 3. The molecule has 3 heteroatoms. The van der Waals surface area contributed by atoms with Crippen molar-refractivity contribution in [2.24, 2.45) is 11.3 Å². The van der Waals surface area contributed by atoms with Crippen molar-refractivity contribution in [3.63, 3.8) is 0 Å². The van der Waals surface area contributed by atoms with E-state index in [0.29, 0.717) is 0 Å². The quantitative estimate of drug-likeness (QED) is 0.915. The highest BCUT2D eigenvalue weighted by Gasteiger charge is 2.45. The lowest BCUT2D eigenvalue weighted by Crippen LogP contribution is -2.41. The number of aliphatic hydroxyl groups is 1. The van der Waals surface area contributed by atoms with E-state index in [1.807, 2.05) is 18.2 Å². The summed E-state index contributed by atoms with van der Waals surface area (Å²) < 4.78 is 10.7. The minimum Gasteiger partial charge on any atom is -0.497 e. The zero-order valence-electron chi connectivity index (χ0n) is 13.2. The second-order valence-electron chi connectivity index (χ2n) is 6.76. The number of methoxy groups -OCH3 is 2. The van der Waals surface area contributed by atoms with Gasteiger partial charge in [-0.15, -0.1) is 0 Å². The van der Waals surface area contributed by atoms with Crippen molar-refractivity contribution in [1.82, 2.24) is 0 Å². The van der Waals surface area contributed by atoms with E-state index in [0.717, 1.165) is 36.3 Å². The van der Waals surface area contributed by atoms with Crippen molar-refractivity contribution in [2.45, 2.75) is 45.6 Å². The normalized spacial score (nSPS) is 29.0. The molecule has 2 rings (SSSR count). The Morgan fingerprint density at radius 2 is 1.85 bits per heavy atom. The Labute approximate surface area is 121 Å². The third-order valence-corrected chi connectivity index (χ3v) is 4.73. The Kier molecular flexibility index (Phi) is 4.01. The lowest BCUT2D eigenvalue weighted by Gasteiger charge is -2.45. The van der Waals surface area contributed by atoms with E-state index in [-0.39, 0.29) is 11.3 Å². The second-order valence-corrected chi connectivity index (χ2v) is 6.76. The Morgan fingerprint density at radius 3 is 2.40 bits per heavy atom. The lowest BCUT2D eigenvalue weighted by atomic mass is 9.63. The number of hydrogen-bond acceptors (Lipinski definition) is 3. The lowest BCUT2D eigenvalue weighted by molar-refractivity contribution is -0.0782. The van der Waals surface area contributed by atoms with Gasteiger partial charge in [-0.25, -0.2) is 0 Å². The van der Waals surface area contributed by atoms with Crippen LogP contribution in [0.5, 0.6) is 11.5 Å². The van der Waals surface area contributed by atoms with Gasteiger partial charge in [0.2, 0.25) is 0 Å². The van der Waals surface area contributed by atoms with Crippen LogP contribution in [0.2, 0.25) is 0 Å². The molecule has 0 aromatic heterocycles. The van der Waals surface area contributed by atoms with Crippen LogP contribution >= 0.6 is 0 Å². The van der Waals surface area contributed by atoms with Gasteiger partial charge < -0.3 is 14.6 Å². The standard InChI is InChI=1S/C17H26O3/c1-12-11-16(2,3)8-9-17(12,18)14-10-13(19-4)6-7-15(14)20-5/h6-7,10,12,18H,8-9,11H2,1-5H3. The molecule has 1 N–H and O–H groups in total. The van der Waals surface area contributed by atoms with Crippen molar-refractivity contribution in [2.75, 3.05) is 14.2 Å². The highest BCUT2D eigenvalue weighted by atomic mass is 16.5. The maximum Gasteiger partial charge on any atom is 0.125 e. The maximum atomic E-state index is 11.2. The van der Waals surface area contributed by atoms with Crippen LogP contribution in [-0.2, 0) is 5.60 Å². The molecule has 20 heavy (non-hydrogen) atoms. The molecule has 2 unspecified atom stereocenters. The minimum atomic E-state index is -0.838. The van der Waals surface area contributed by atoms with E-state index >= 15 is 0 Å². The summed E-state index contributed by atoms with van der Waals surface area (Å²) in [6.45, 7) is 6.66. The van der Waals surface area contributed by atoms with E-state index in [9.17, 15) is 5.11 Å². The first-order valence-corrected chi connectivity index (χ1v) is 7.27. The first-order chi connectivity index (χ1) is 9.32. The molecule has 1 fully saturated rings. The largest absolute Gasteiger partial charge is 0.497 e. The summed E-state index contributed by atoms with van der Waals surface area (Å²) in [7, 11) is 3.29. The maximum absolute atomic E-state index is 11.2. The summed E-state index contributed by atoms with van der Waals surface area (Å²) >= 11 is 0. The smallest absolute Gasteiger partial charge is 0.125 e. The van der Waals surface area contributed by atoms with Gasteiger partial charge in [-0.05, 0) is 48.8 Å². The summed E-state index contributed by atoms with van der Waals surface area (Å²) in [6, 6.07) is 5.65. The molecule has 1 aromatic carbocycles. The van der Waals surface area contributed by atoms with Crippen LogP contribution in [0.1, 0.15) is 45.6 Å². The molecule has 0 heterocycles. The molecule has 112 valence electrons. The van der Waals surface area contributed by atoms with Crippen LogP contribution < -0.4 is 9.47 Å². The number of hydrogen-bond donors (Lipinski definition) is 1. The SMILES string of the molecule is COc1ccc(OC)c(C2(O)CCC(C)(C)CC2C)c1. The predicted octanol–water partition coefficient (Wildman–Crippen LogP) is 3.74. The summed E-state index contributed by atoms with van der Waals surface area (Å²) in [5.74, 6) is 1.68. The first kappa shape index (κ1) is 15.2. The third kappa shape index (κ3) is 2.64. The van der Waals surface area contributed by atoms with Crippen LogP contribution in [0.4, 0.5) is 0 Å². The van der Waals surface area contributed by atoms with E-state index in [1.165, 1.54) is 0 Å². The molecule has 0 aliphatic heterocycles. The van der Waals surface area contributed by atoms with Crippen molar-refractivity contribution >= 4 is 0 Å². The van der Waals surface area contributed by atoms with Gasteiger partial charge in [0.15, 0.2) is 0 Å². The summed E-state index contributed by atoms with van der Waals surface area (Å²) in [5.41, 5.74) is 0.301. The fraction of sp³-hybridized carbons (Fsp3) is 0.647. The van der Waals surface area contributed by atoms with Crippen molar-refractivity contribution in [1.29, 1.82) is 0 Å². The average molecular weight is 278 g/mol. The summed E-state index contributed by atoms with van der Waals surface area (Å²) in [5, 5.41) is 11.2. The predicted molar refractivity (Wildman–Crippen MR) is 80.2 cm³/mol. The molecule has 0 spiro atoms. The van der Waals surface area contributed by atoms with Gasteiger partial charge >= 0.3 is 0 Å². The van der Waals surface area contributed by atoms with Gasteiger partial charge in [-0.2, -0.15) is 0 Å². The average Bonchev–Trinajstić information content (AvgIpc) is 2.42. The molecule has 2 atom stereocenters. The molecule has 3 nitrogen and oxygen atoms in total. The number of ether oxygens (including phenoxy) is 2. The fourth-order valence-corrected chi connectivity index (χ4v) is 3.43. The molecule has 0 radical (unpaired) electrons. The van der Waals surface area contributed by atoms with Crippen molar-refractivity contribution in [3.05, 3.63) is 23.8 Å². The molecule has 0 amide bonds. The molecule has 0 saturated heterocycles. The van der Waals surface area contributed by atoms with E-state index < -0.39 is 5.60 Å². The van der Waals surface area contributed by atoms with E-state index in [1.54, 1.807) is 14.2 Å². The highest BCUT2D eigenvalue weighted by Crippen LogP contribution is 2.51. The Hall–Kier alpha value is -1.22. The fourth-order valence-electron chi connectivity index (χ4n) is 3.43. The third-order valence-electron chi connectivity index (χ3n) is 4.73. The zero-order chi connectivity index (χ0) is 15.0. The summed E-state index contributed by atoms with van der Waals surface area (Å²) in [6.07, 6.45) is 2.77. The van der Waals surface area contributed by atoms with Gasteiger partial charge in [0.05, 0.1) is 19.8 Å². The van der Waals surface area contributed by atoms with Crippen LogP contribution in [-0.4, -0.2) is 19.3 Å². The van der Waals surface area contributed by atoms with Crippen LogP contribution in [0, 0.1) is 11.3 Å². The van der Waals surface area contributed by atoms with E-state index in [4.69, 9.17) is 9.47 Å². The molecule has 1 aromatic rings. The first-order valence-electron chi connectivity index (χ1n) is 7.27. The van der Waals surface area contributed by atoms with Crippen LogP contribution in [0.15, 0.2) is 18.2 Å². The summed E-state index contributed by atoms with van der Waals surface area (Å²) in [4.78, 5) is 0. The Bertz CT molecular complexity index is 481. The molecule has 0 bridgehead atoms. The topological polar surface area (TPSA) is 38.7 Å². The van der Waals surface area contributed by atoms with Crippen LogP contribution in [0.3, 0.4) is 0 Å². The second kappa shape index (κ2) is 5.28. The van der Waals surface area contributed by atoms with Gasteiger partial charge in [0, 0.05) is 5.56 Å². The van der Waals surface area contributed by atoms with Gasteiger partial charge in [-0.1, -0.05) is 20.8 Å². The molecule has 1 saturated carbocycles. The van der Waals surface area contributed by atoms with Crippen LogP contribution in [0.25, 0.3) is 0 Å². The monoisotopic (exact) mass is 278 g/mol. The Balaban J connectivity index is 2.43. The molecular weight excluding hydrogens is 252 g/mol. The Morgan fingerprint density at radius 1 is 1.15 bits per heavy atom. The highest BCUT2D eigenvalue weighted by molar-refractivity contribution is 5.44. The van der Waals surface area contributed by atoms with Crippen molar-refractivity contribution < 1.29 is 14.6 Å². The van der Waals surface area contributed by atoms with Crippen molar-refractivity contribution in [3.8, 4) is 11.5 Å². The van der Waals surface area contributed by atoms with Gasteiger partial charge in [-0.3, -0.25) is 0 Å². The van der Waals surface area contributed by atoms with Gasteiger partial charge in [0.1, 0.15) is 11.5 Å². The molecule has 1 aliphatic rings. The molecule has 1 aliphatic carbocycles. The number of benzene rings is 1. The van der Waals surface area contributed by atoms with Gasteiger partial charge in [0.25, 0.3) is 0 Å².